The fourth-order valence-electron chi connectivity index (χ4n) is 4.72. The molecule has 0 N–H and O–H groups in total. The summed E-state index contributed by atoms with van der Waals surface area (Å²) in [7, 11) is 0. The minimum atomic E-state index is -0.792. The van der Waals surface area contributed by atoms with Crippen LogP contribution in [0.4, 0.5) is 4.39 Å². The zero-order valence-electron chi connectivity index (χ0n) is 13.8. The van der Waals surface area contributed by atoms with E-state index < -0.39 is 5.67 Å². The first-order valence-corrected chi connectivity index (χ1v) is 9.36. The van der Waals surface area contributed by atoms with Crippen molar-refractivity contribution in [2.75, 3.05) is 0 Å². The van der Waals surface area contributed by atoms with Gasteiger partial charge in [0.2, 0.25) is 0 Å². The van der Waals surface area contributed by atoms with Crippen LogP contribution in [0.5, 0.6) is 0 Å². The number of rotatable bonds is 6. The standard InChI is InChI=1S/C19H35F/c1-3-5-7-17-12-14-19(20,15-13-17)18-10-8-16(6-4-2)9-11-18/h16-18H,3-15H2,1-2H3/t16-,17?,18-,19?. The highest BCUT2D eigenvalue weighted by molar-refractivity contribution is 4.93. The van der Waals surface area contributed by atoms with Crippen molar-refractivity contribution in [2.45, 2.75) is 103 Å². The maximum atomic E-state index is 15.3. The SMILES string of the molecule is CCCCC1CCC(F)([C@H]2CC[C@H](CCC)CC2)CC1. The predicted octanol–water partition coefficient (Wildman–Crippen LogP) is 6.68. The lowest BCUT2D eigenvalue weighted by atomic mass is 9.66. The number of hydrogen-bond donors (Lipinski definition) is 0. The van der Waals surface area contributed by atoms with Crippen LogP contribution in [0.1, 0.15) is 97.3 Å². The zero-order valence-corrected chi connectivity index (χ0v) is 13.8. The number of alkyl halides is 1. The fourth-order valence-corrected chi connectivity index (χ4v) is 4.72. The van der Waals surface area contributed by atoms with E-state index in [0.29, 0.717) is 5.92 Å². The van der Waals surface area contributed by atoms with Crippen LogP contribution < -0.4 is 0 Å². The summed E-state index contributed by atoms with van der Waals surface area (Å²) in [6, 6.07) is 0. The number of hydrogen-bond acceptors (Lipinski definition) is 0. The van der Waals surface area contributed by atoms with Gasteiger partial charge in [0.05, 0.1) is 0 Å². The Bertz CT molecular complexity index is 257. The van der Waals surface area contributed by atoms with Crippen molar-refractivity contribution in [1.29, 1.82) is 0 Å². The maximum absolute atomic E-state index is 15.3. The van der Waals surface area contributed by atoms with E-state index in [9.17, 15) is 0 Å². The molecule has 0 nitrogen and oxygen atoms in total. The first-order chi connectivity index (χ1) is 9.68. The van der Waals surface area contributed by atoms with Gasteiger partial charge >= 0.3 is 0 Å². The Morgan fingerprint density at radius 1 is 0.800 bits per heavy atom. The molecule has 0 heterocycles. The van der Waals surface area contributed by atoms with Gasteiger partial charge in [-0.2, -0.15) is 0 Å². The Labute approximate surface area is 125 Å². The Kier molecular flexibility index (Phi) is 6.36. The summed E-state index contributed by atoms with van der Waals surface area (Å²) in [4.78, 5) is 0. The Hall–Kier alpha value is -0.0700. The average molecular weight is 282 g/mol. The highest BCUT2D eigenvalue weighted by Gasteiger charge is 2.43. The molecule has 0 atom stereocenters. The zero-order chi connectivity index (χ0) is 14.4. The maximum Gasteiger partial charge on any atom is 0.113 e. The van der Waals surface area contributed by atoms with E-state index in [2.05, 4.69) is 13.8 Å². The molecule has 0 bridgehead atoms. The number of unbranched alkanes of at least 4 members (excludes halogenated alkanes) is 1. The molecule has 2 saturated carbocycles. The molecular weight excluding hydrogens is 247 g/mol. The Morgan fingerprint density at radius 2 is 1.40 bits per heavy atom. The molecule has 0 radical (unpaired) electrons. The summed E-state index contributed by atoms with van der Waals surface area (Å²) >= 11 is 0. The molecule has 0 aromatic carbocycles. The highest BCUT2D eigenvalue weighted by Crippen LogP contribution is 2.47. The van der Waals surface area contributed by atoms with Crippen LogP contribution in [0.15, 0.2) is 0 Å². The third kappa shape index (κ3) is 4.21. The van der Waals surface area contributed by atoms with E-state index in [1.165, 1.54) is 57.8 Å². The first kappa shape index (κ1) is 16.3. The molecular formula is C19H35F. The fraction of sp³-hybridized carbons (Fsp3) is 1.00. The molecule has 0 unspecified atom stereocenters. The van der Waals surface area contributed by atoms with E-state index in [4.69, 9.17) is 0 Å². The molecule has 0 aromatic heterocycles. The molecule has 0 aromatic rings. The van der Waals surface area contributed by atoms with Crippen molar-refractivity contribution in [3.05, 3.63) is 0 Å². The molecule has 2 fully saturated rings. The van der Waals surface area contributed by atoms with Gasteiger partial charge in [-0.3, -0.25) is 0 Å². The average Bonchev–Trinajstić information content (AvgIpc) is 2.48. The molecule has 0 spiro atoms. The van der Waals surface area contributed by atoms with Crippen LogP contribution in [-0.2, 0) is 0 Å². The summed E-state index contributed by atoms with van der Waals surface area (Å²) < 4.78 is 15.3. The second kappa shape index (κ2) is 7.80. The van der Waals surface area contributed by atoms with Crippen molar-refractivity contribution in [1.82, 2.24) is 0 Å². The van der Waals surface area contributed by atoms with Gasteiger partial charge in [-0.15, -0.1) is 0 Å². The smallest absolute Gasteiger partial charge is 0.113 e. The summed E-state index contributed by atoms with van der Waals surface area (Å²) in [5.74, 6) is 2.12. The van der Waals surface area contributed by atoms with Crippen molar-refractivity contribution >= 4 is 0 Å². The van der Waals surface area contributed by atoms with Gasteiger partial charge in [-0.1, -0.05) is 58.8 Å². The highest BCUT2D eigenvalue weighted by atomic mass is 19.1. The van der Waals surface area contributed by atoms with Crippen LogP contribution in [0.3, 0.4) is 0 Å². The minimum absolute atomic E-state index is 0.391. The third-order valence-electron chi connectivity index (χ3n) is 6.18. The molecule has 2 rings (SSSR count). The molecule has 0 saturated heterocycles. The van der Waals surface area contributed by atoms with E-state index in [-0.39, 0.29) is 0 Å². The van der Waals surface area contributed by atoms with Crippen molar-refractivity contribution in [3.8, 4) is 0 Å². The van der Waals surface area contributed by atoms with Crippen LogP contribution in [0, 0.1) is 17.8 Å². The van der Waals surface area contributed by atoms with E-state index in [1.54, 1.807) is 0 Å². The van der Waals surface area contributed by atoms with Crippen LogP contribution >= 0.6 is 0 Å². The van der Waals surface area contributed by atoms with Gasteiger partial charge in [0.25, 0.3) is 0 Å². The lowest BCUT2D eigenvalue weighted by molar-refractivity contribution is -0.00284. The molecule has 2 aliphatic carbocycles. The van der Waals surface area contributed by atoms with E-state index in [1.807, 2.05) is 0 Å². The summed E-state index contributed by atoms with van der Waals surface area (Å²) in [6.45, 7) is 4.54. The topological polar surface area (TPSA) is 0 Å². The lowest BCUT2D eigenvalue weighted by Crippen LogP contribution is -2.39. The summed E-state index contributed by atoms with van der Waals surface area (Å²) in [6.07, 6.45) is 15.6. The molecule has 1 heteroatoms. The first-order valence-electron chi connectivity index (χ1n) is 9.36. The Balaban J connectivity index is 1.76. The summed E-state index contributed by atoms with van der Waals surface area (Å²) in [5, 5.41) is 0. The van der Waals surface area contributed by atoms with Gasteiger partial charge in [0.15, 0.2) is 0 Å². The second-order valence-corrected chi connectivity index (χ2v) is 7.63. The monoisotopic (exact) mass is 282 g/mol. The van der Waals surface area contributed by atoms with Gasteiger partial charge in [0.1, 0.15) is 5.67 Å². The molecule has 118 valence electrons. The molecule has 2 aliphatic rings. The quantitative estimate of drug-likeness (QED) is 0.509. The molecule has 20 heavy (non-hydrogen) atoms. The summed E-state index contributed by atoms with van der Waals surface area (Å²) in [5.41, 5.74) is -0.792. The van der Waals surface area contributed by atoms with Crippen LogP contribution in [0.2, 0.25) is 0 Å². The van der Waals surface area contributed by atoms with Gasteiger partial charge in [-0.25, -0.2) is 4.39 Å². The predicted molar refractivity (Wildman–Crippen MR) is 85.7 cm³/mol. The molecule has 0 amide bonds. The van der Waals surface area contributed by atoms with Crippen LogP contribution in [0.25, 0.3) is 0 Å². The number of halogens is 1. The van der Waals surface area contributed by atoms with Gasteiger partial charge < -0.3 is 0 Å². The van der Waals surface area contributed by atoms with E-state index in [0.717, 1.165) is 37.5 Å². The van der Waals surface area contributed by atoms with Crippen molar-refractivity contribution < 1.29 is 4.39 Å². The van der Waals surface area contributed by atoms with E-state index >= 15 is 4.39 Å². The van der Waals surface area contributed by atoms with Crippen molar-refractivity contribution in [3.63, 3.8) is 0 Å². The van der Waals surface area contributed by atoms with Crippen LogP contribution in [-0.4, -0.2) is 5.67 Å². The second-order valence-electron chi connectivity index (χ2n) is 7.63. The lowest BCUT2D eigenvalue weighted by Gasteiger charge is -2.42. The minimum Gasteiger partial charge on any atom is -0.244 e. The van der Waals surface area contributed by atoms with Gasteiger partial charge in [-0.05, 0) is 56.3 Å². The Morgan fingerprint density at radius 3 is 1.95 bits per heavy atom. The van der Waals surface area contributed by atoms with Gasteiger partial charge in [0, 0.05) is 0 Å². The molecule has 0 aliphatic heterocycles. The normalized spacial score (nSPS) is 38.9. The third-order valence-corrected chi connectivity index (χ3v) is 6.18. The van der Waals surface area contributed by atoms with Crippen molar-refractivity contribution in [2.24, 2.45) is 17.8 Å². The largest absolute Gasteiger partial charge is 0.244 e.